The smallest absolute Gasteiger partial charge is 0.0408 e. The first-order chi connectivity index (χ1) is 8.79. The molecule has 18 heavy (non-hydrogen) atoms. The van der Waals surface area contributed by atoms with Crippen molar-refractivity contribution in [3.8, 4) is 0 Å². The van der Waals surface area contributed by atoms with Gasteiger partial charge in [0.05, 0.1) is 0 Å². The Kier molecular flexibility index (Phi) is 3.63. The summed E-state index contributed by atoms with van der Waals surface area (Å²) in [5.74, 6) is 2.93. The number of benzene rings is 1. The van der Waals surface area contributed by atoms with E-state index >= 15 is 0 Å². The van der Waals surface area contributed by atoms with Crippen molar-refractivity contribution in [2.75, 3.05) is 7.05 Å². The Labute approximate surface area is 115 Å². The zero-order valence-corrected chi connectivity index (χ0v) is 11.8. The molecule has 0 bridgehead atoms. The van der Waals surface area contributed by atoms with E-state index < -0.39 is 0 Å². The van der Waals surface area contributed by atoms with E-state index in [0.717, 1.165) is 29.2 Å². The van der Waals surface area contributed by atoms with Crippen molar-refractivity contribution >= 4 is 11.6 Å². The Bertz CT molecular complexity index is 405. The van der Waals surface area contributed by atoms with E-state index in [1.165, 1.54) is 31.2 Å². The molecule has 0 amide bonds. The molecule has 3 atom stereocenters. The van der Waals surface area contributed by atoms with Crippen LogP contribution in [0.5, 0.6) is 0 Å². The minimum absolute atomic E-state index is 0.636. The van der Waals surface area contributed by atoms with Crippen molar-refractivity contribution in [2.45, 2.75) is 38.1 Å². The molecule has 1 aromatic rings. The molecule has 0 radical (unpaired) electrons. The summed E-state index contributed by atoms with van der Waals surface area (Å²) >= 11 is 6.07. The van der Waals surface area contributed by atoms with Crippen LogP contribution in [0.1, 0.15) is 31.2 Å². The van der Waals surface area contributed by atoms with Gasteiger partial charge >= 0.3 is 0 Å². The molecule has 2 fully saturated rings. The third kappa shape index (κ3) is 2.44. The first-order valence-corrected chi connectivity index (χ1v) is 7.59. The van der Waals surface area contributed by atoms with Gasteiger partial charge < -0.3 is 5.32 Å². The van der Waals surface area contributed by atoms with Crippen LogP contribution in [0.25, 0.3) is 0 Å². The molecular weight excluding hydrogens is 242 g/mol. The fraction of sp³-hybridized carbons (Fsp3) is 0.625. The van der Waals surface area contributed by atoms with Gasteiger partial charge in [-0.1, -0.05) is 36.6 Å². The fourth-order valence-electron chi connectivity index (χ4n) is 3.99. The molecule has 2 aliphatic carbocycles. The number of halogens is 1. The van der Waals surface area contributed by atoms with Gasteiger partial charge in [0.2, 0.25) is 0 Å². The highest BCUT2D eigenvalue weighted by molar-refractivity contribution is 6.30. The van der Waals surface area contributed by atoms with Gasteiger partial charge in [-0.25, -0.2) is 0 Å². The van der Waals surface area contributed by atoms with E-state index in [2.05, 4.69) is 30.6 Å². The second-order valence-electron chi connectivity index (χ2n) is 5.92. The fourth-order valence-corrected chi connectivity index (χ4v) is 4.21. The van der Waals surface area contributed by atoms with Gasteiger partial charge in [-0.15, -0.1) is 0 Å². The van der Waals surface area contributed by atoms with E-state index in [-0.39, 0.29) is 0 Å². The molecule has 0 spiro atoms. The maximum Gasteiger partial charge on any atom is 0.0408 e. The molecule has 3 unspecified atom stereocenters. The average Bonchev–Trinajstić information content (AvgIpc) is 3.10. The predicted octanol–water partition coefficient (Wildman–Crippen LogP) is 3.91. The molecule has 1 N–H and O–H groups in total. The SMILES string of the molecule is CNC(Cc1cccc(Cl)c1)C1C2CCCCC21. The van der Waals surface area contributed by atoms with Crippen molar-refractivity contribution in [1.29, 1.82) is 0 Å². The van der Waals surface area contributed by atoms with Crippen molar-refractivity contribution in [3.05, 3.63) is 34.9 Å². The van der Waals surface area contributed by atoms with Crippen LogP contribution in [0.4, 0.5) is 0 Å². The van der Waals surface area contributed by atoms with Crippen LogP contribution >= 0.6 is 11.6 Å². The van der Waals surface area contributed by atoms with Gasteiger partial charge in [-0.3, -0.25) is 0 Å². The summed E-state index contributed by atoms with van der Waals surface area (Å²) in [6.07, 6.45) is 6.94. The molecule has 0 saturated heterocycles. The number of nitrogens with one attached hydrogen (secondary N) is 1. The van der Waals surface area contributed by atoms with Crippen molar-refractivity contribution in [2.24, 2.45) is 17.8 Å². The number of likely N-dealkylation sites (N-methyl/N-ethyl adjacent to an activating group) is 1. The lowest BCUT2D eigenvalue weighted by atomic mass is 10.00. The van der Waals surface area contributed by atoms with E-state index in [0.29, 0.717) is 6.04 Å². The van der Waals surface area contributed by atoms with E-state index in [4.69, 9.17) is 11.6 Å². The molecule has 0 aromatic heterocycles. The molecule has 2 heteroatoms. The lowest BCUT2D eigenvalue weighted by Crippen LogP contribution is -2.31. The van der Waals surface area contributed by atoms with Gasteiger partial charge in [0.1, 0.15) is 0 Å². The summed E-state index contributed by atoms with van der Waals surface area (Å²) in [6.45, 7) is 0. The second kappa shape index (κ2) is 5.22. The monoisotopic (exact) mass is 263 g/mol. The Balaban J connectivity index is 1.66. The molecule has 0 aliphatic heterocycles. The standard InChI is InChI=1S/C16H22ClN/c1-18-15(10-11-5-4-6-12(17)9-11)16-13-7-2-3-8-14(13)16/h4-6,9,13-16,18H,2-3,7-8,10H2,1H3. The first kappa shape index (κ1) is 12.5. The van der Waals surface area contributed by atoms with Crippen LogP contribution in [0.2, 0.25) is 5.02 Å². The Morgan fingerprint density at radius 2 is 2.00 bits per heavy atom. The van der Waals surface area contributed by atoms with Crippen molar-refractivity contribution in [3.63, 3.8) is 0 Å². The normalized spacial score (nSPS) is 31.8. The highest BCUT2D eigenvalue weighted by Gasteiger charge is 2.53. The second-order valence-corrected chi connectivity index (χ2v) is 6.36. The summed E-state index contributed by atoms with van der Waals surface area (Å²) in [4.78, 5) is 0. The van der Waals surface area contributed by atoms with Crippen LogP contribution in [-0.4, -0.2) is 13.1 Å². The van der Waals surface area contributed by atoms with Crippen LogP contribution in [0.3, 0.4) is 0 Å². The topological polar surface area (TPSA) is 12.0 Å². The molecule has 1 nitrogen and oxygen atoms in total. The first-order valence-electron chi connectivity index (χ1n) is 7.21. The summed E-state index contributed by atoms with van der Waals surface area (Å²) in [5.41, 5.74) is 1.37. The van der Waals surface area contributed by atoms with Crippen LogP contribution < -0.4 is 5.32 Å². The number of hydrogen-bond donors (Lipinski definition) is 1. The third-order valence-electron chi connectivity index (χ3n) is 4.90. The Hall–Kier alpha value is -0.530. The number of rotatable bonds is 4. The predicted molar refractivity (Wildman–Crippen MR) is 76.9 cm³/mol. The maximum absolute atomic E-state index is 6.07. The molecule has 2 saturated carbocycles. The van der Waals surface area contributed by atoms with Gasteiger partial charge in [0, 0.05) is 11.1 Å². The molecule has 98 valence electrons. The highest BCUT2D eigenvalue weighted by Crippen LogP contribution is 2.57. The summed E-state index contributed by atoms with van der Waals surface area (Å²) in [6, 6.07) is 8.96. The zero-order chi connectivity index (χ0) is 12.5. The van der Waals surface area contributed by atoms with Gasteiger partial charge in [0.25, 0.3) is 0 Å². The quantitative estimate of drug-likeness (QED) is 0.869. The molecule has 2 aliphatic rings. The molecular formula is C16H22ClN. The van der Waals surface area contributed by atoms with Gasteiger partial charge in [0.15, 0.2) is 0 Å². The zero-order valence-electron chi connectivity index (χ0n) is 11.0. The summed E-state index contributed by atoms with van der Waals surface area (Å²) in [7, 11) is 2.11. The molecule has 1 aromatic carbocycles. The lowest BCUT2D eigenvalue weighted by Gasteiger charge is -2.16. The van der Waals surface area contributed by atoms with Gasteiger partial charge in [-0.2, -0.15) is 0 Å². The Morgan fingerprint density at radius 3 is 2.61 bits per heavy atom. The molecule has 0 heterocycles. The average molecular weight is 264 g/mol. The Morgan fingerprint density at radius 1 is 1.28 bits per heavy atom. The number of fused-ring (bicyclic) bond motifs is 1. The highest BCUT2D eigenvalue weighted by atomic mass is 35.5. The summed E-state index contributed by atoms with van der Waals surface area (Å²) < 4.78 is 0. The third-order valence-corrected chi connectivity index (χ3v) is 5.14. The number of hydrogen-bond acceptors (Lipinski definition) is 1. The van der Waals surface area contributed by atoms with Crippen LogP contribution in [0, 0.1) is 17.8 Å². The van der Waals surface area contributed by atoms with Crippen molar-refractivity contribution in [1.82, 2.24) is 5.32 Å². The van der Waals surface area contributed by atoms with Gasteiger partial charge in [-0.05, 0) is 61.8 Å². The lowest BCUT2D eigenvalue weighted by molar-refractivity contribution is 0.460. The molecule has 3 rings (SSSR count). The van der Waals surface area contributed by atoms with E-state index in [1.54, 1.807) is 0 Å². The van der Waals surface area contributed by atoms with Crippen LogP contribution in [0.15, 0.2) is 24.3 Å². The largest absolute Gasteiger partial charge is 0.316 e. The summed E-state index contributed by atoms with van der Waals surface area (Å²) in [5, 5.41) is 4.40. The minimum atomic E-state index is 0.636. The maximum atomic E-state index is 6.07. The van der Waals surface area contributed by atoms with Crippen molar-refractivity contribution < 1.29 is 0 Å². The van der Waals surface area contributed by atoms with E-state index in [1.807, 2.05) is 6.07 Å². The minimum Gasteiger partial charge on any atom is -0.316 e. The van der Waals surface area contributed by atoms with Crippen LogP contribution in [-0.2, 0) is 6.42 Å². The van der Waals surface area contributed by atoms with E-state index in [9.17, 15) is 0 Å².